The molecule has 84 valence electrons. The first kappa shape index (κ1) is 12.3. The van der Waals surface area contributed by atoms with Crippen molar-refractivity contribution in [1.29, 1.82) is 0 Å². The molecule has 3 heteroatoms. The van der Waals surface area contributed by atoms with Crippen molar-refractivity contribution in [1.82, 2.24) is 10.2 Å². The Morgan fingerprint density at radius 1 is 1.43 bits per heavy atom. The molecule has 0 bridgehead atoms. The Kier molecular flexibility index (Phi) is 6.65. The van der Waals surface area contributed by atoms with Gasteiger partial charge in [-0.25, -0.2) is 0 Å². The van der Waals surface area contributed by atoms with E-state index in [2.05, 4.69) is 35.8 Å². The summed E-state index contributed by atoms with van der Waals surface area (Å²) in [4.78, 5) is 2.62. The number of hydrogen-bond donors (Lipinski definition) is 1. The summed E-state index contributed by atoms with van der Waals surface area (Å²) in [5, 5.41) is 4.22. The first-order valence-electron chi connectivity index (χ1n) is 5.87. The predicted octanol–water partition coefficient (Wildman–Crippen LogP) is 1.81. The highest BCUT2D eigenvalue weighted by molar-refractivity contribution is 7.99. The third kappa shape index (κ3) is 5.23. The molecule has 1 heterocycles. The van der Waals surface area contributed by atoms with Gasteiger partial charge >= 0.3 is 0 Å². The maximum atomic E-state index is 3.37. The van der Waals surface area contributed by atoms with E-state index in [0.717, 1.165) is 11.8 Å². The fraction of sp³-hybridized carbons (Fsp3) is 1.00. The van der Waals surface area contributed by atoms with Crippen molar-refractivity contribution in [3.05, 3.63) is 0 Å². The van der Waals surface area contributed by atoms with Gasteiger partial charge in [-0.15, -0.1) is 0 Å². The molecule has 1 aliphatic heterocycles. The number of unbranched alkanes of at least 4 members (excludes halogenated alkanes) is 1. The highest BCUT2D eigenvalue weighted by Crippen LogP contribution is 2.17. The second kappa shape index (κ2) is 7.55. The molecule has 0 aromatic heterocycles. The molecule has 2 nitrogen and oxygen atoms in total. The molecule has 1 saturated heterocycles. The van der Waals surface area contributed by atoms with E-state index in [-0.39, 0.29) is 0 Å². The van der Waals surface area contributed by atoms with Crippen molar-refractivity contribution in [2.75, 3.05) is 38.5 Å². The highest BCUT2D eigenvalue weighted by atomic mass is 32.2. The molecule has 14 heavy (non-hydrogen) atoms. The minimum atomic E-state index is 0.845. The van der Waals surface area contributed by atoms with Gasteiger partial charge in [-0.3, -0.25) is 0 Å². The molecule has 1 aliphatic rings. The zero-order valence-electron chi connectivity index (χ0n) is 9.59. The molecule has 0 amide bonds. The van der Waals surface area contributed by atoms with Crippen LogP contribution in [0.5, 0.6) is 0 Å². The first-order valence-corrected chi connectivity index (χ1v) is 6.92. The summed E-state index contributed by atoms with van der Waals surface area (Å²) < 4.78 is 0. The van der Waals surface area contributed by atoms with Gasteiger partial charge in [0.15, 0.2) is 0 Å². The zero-order chi connectivity index (χ0) is 10.2. The second-order valence-electron chi connectivity index (χ2n) is 4.04. The second-order valence-corrected chi connectivity index (χ2v) is 5.59. The summed E-state index contributed by atoms with van der Waals surface area (Å²) in [6.45, 7) is 10.7. The number of nitrogens with zero attached hydrogens (tertiary/aromatic N) is 1. The van der Waals surface area contributed by atoms with Gasteiger partial charge in [-0.1, -0.05) is 13.8 Å². The van der Waals surface area contributed by atoms with Crippen LogP contribution < -0.4 is 5.32 Å². The van der Waals surface area contributed by atoms with E-state index in [0.29, 0.717) is 0 Å². The van der Waals surface area contributed by atoms with Gasteiger partial charge in [-0.2, -0.15) is 11.8 Å². The molecule has 0 aromatic rings. The van der Waals surface area contributed by atoms with Crippen LogP contribution in [0.4, 0.5) is 0 Å². The Morgan fingerprint density at radius 3 is 3.00 bits per heavy atom. The van der Waals surface area contributed by atoms with Crippen molar-refractivity contribution in [3.8, 4) is 0 Å². The average Bonchev–Trinajstić information content (AvgIpc) is 2.18. The van der Waals surface area contributed by atoms with Gasteiger partial charge in [0.2, 0.25) is 0 Å². The molecule has 0 aliphatic carbocycles. The molecular weight excluding hydrogens is 192 g/mol. The van der Waals surface area contributed by atoms with Crippen molar-refractivity contribution >= 4 is 11.8 Å². The molecule has 1 atom stereocenters. The number of thioether (sulfide) groups is 1. The van der Waals surface area contributed by atoms with E-state index >= 15 is 0 Å². The zero-order valence-corrected chi connectivity index (χ0v) is 10.4. The van der Waals surface area contributed by atoms with Gasteiger partial charge in [0.1, 0.15) is 0 Å². The van der Waals surface area contributed by atoms with Crippen LogP contribution in [0.2, 0.25) is 0 Å². The minimum absolute atomic E-state index is 0.845. The average molecular weight is 216 g/mol. The summed E-state index contributed by atoms with van der Waals surface area (Å²) in [7, 11) is 0. The van der Waals surface area contributed by atoms with Gasteiger partial charge in [0.25, 0.3) is 0 Å². The van der Waals surface area contributed by atoms with Crippen LogP contribution in [0.3, 0.4) is 0 Å². The van der Waals surface area contributed by atoms with Crippen LogP contribution in [0, 0.1) is 0 Å². The predicted molar refractivity (Wildman–Crippen MR) is 66.1 cm³/mol. The summed E-state index contributed by atoms with van der Waals surface area (Å²) in [5.41, 5.74) is 0. The van der Waals surface area contributed by atoms with Crippen LogP contribution >= 0.6 is 11.8 Å². The summed E-state index contributed by atoms with van der Waals surface area (Å²) in [6, 6.07) is 0. The number of hydrogen-bond acceptors (Lipinski definition) is 3. The van der Waals surface area contributed by atoms with Crippen molar-refractivity contribution in [2.45, 2.75) is 31.9 Å². The topological polar surface area (TPSA) is 15.3 Å². The quantitative estimate of drug-likeness (QED) is 0.682. The minimum Gasteiger partial charge on any atom is -0.317 e. The Balaban J connectivity index is 1.95. The van der Waals surface area contributed by atoms with Crippen LogP contribution in [-0.4, -0.2) is 48.6 Å². The molecule has 0 saturated carbocycles. The van der Waals surface area contributed by atoms with Crippen LogP contribution in [0.1, 0.15) is 26.7 Å². The van der Waals surface area contributed by atoms with Gasteiger partial charge in [0.05, 0.1) is 0 Å². The van der Waals surface area contributed by atoms with E-state index in [1.54, 1.807) is 0 Å². The van der Waals surface area contributed by atoms with Crippen molar-refractivity contribution in [2.24, 2.45) is 0 Å². The molecule has 1 rings (SSSR count). The third-order valence-corrected chi connectivity index (χ3v) is 3.79. The number of rotatable bonds is 6. The first-order chi connectivity index (χ1) is 6.83. The van der Waals surface area contributed by atoms with E-state index in [1.165, 1.54) is 44.8 Å². The molecule has 1 fully saturated rings. The van der Waals surface area contributed by atoms with Crippen LogP contribution in [-0.2, 0) is 0 Å². The lowest BCUT2D eigenvalue weighted by Gasteiger charge is -2.30. The lowest BCUT2D eigenvalue weighted by Crippen LogP contribution is -2.37. The van der Waals surface area contributed by atoms with E-state index in [1.807, 2.05) is 0 Å². The van der Waals surface area contributed by atoms with Crippen LogP contribution in [0.25, 0.3) is 0 Å². The Morgan fingerprint density at radius 2 is 2.29 bits per heavy atom. The van der Waals surface area contributed by atoms with E-state index in [4.69, 9.17) is 0 Å². The van der Waals surface area contributed by atoms with Gasteiger partial charge < -0.3 is 10.2 Å². The van der Waals surface area contributed by atoms with Gasteiger partial charge in [-0.05, 0) is 32.5 Å². The largest absolute Gasteiger partial charge is 0.317 e. The molecule has 0 radical (unpaired) electrons. The lowest BCUT2D eigenvalue weighted by atomic mass is 10.2. The fourth-order valence-electron chi connectivity index (χ4n) is 1.86. The normalized spacial score (nSPS) is 24.0. The molecule has 1 unspecified atom stereocenters. The van der Waals surface area contributed by atoms with Crippen molar-refractivity contribution < 1.29 is 0 Å². The van der Waals surface area contributed by atoms with E-state index in [9.17, 15) is 0 Å². The summed E-state index contributed by atoms with van der Waals surface area (Å²) >= 11 is 2.12. The summed E-state index contributed by atoms with van der Waals surface area (Å²) in [6.07, 6.45) is 2.68. The van der Waals surface area contributed by atoms with E-state index < -0.39 is 0 Å². The maximum Gasteiger partial charge on any atom is 0.0147 e. The summed E-state index contributed by atoms with van der Waals surface area (Å²) in [5.74, 6) is 1.33. The molecule has 0 aromatic carbocycles. The Hall–Kier alpha value is 0.270. The maximum absolute atomic E-state index is 3.37. The smallest absolute Gasteiger partial charge is 0.0147 e. The van der Waals surface area contributed by atoms with Crippen LogP contribution in [0.15, 0.2) is 0 Å². The standard InChI is InChI=1S/C11H24N2S/c1-3-12-6-4-5-7-13-8-9-14-11(2)10-13/h11-12H,3-10H2,1-2H3. The Labute approximate surface area is 92.8 Å². The molecule has 1 N–H and O–H groups in total. The molecular formula is C11H24N2S. The Bertz CT molecular complexity index is 141. The lowest BCUT2D eigenvalue weighted by molar-refractivity contribution is 0.280. The molecule has 0 spiro atoms. The monoisotopic (exact) mass is 216 g/mol. The SMILES string of the molecule is CCNCCCCN1CCSC(C)C1. The third-order valence-electron chi connectivity index (χ3n) is 2.65. The van der Waals surface area contributed by atoms with Crippen molar-refractivity contribution in [3.63, 3.8) is 0 Å². The van der Waals surface area contributed by atoms with Gasteiger partial charge in [0, 0.05) is 24.1 Å². The fourth-order valence-corrected chi connectivity index (χ4v) is 2.94. The number of nitrogens with one attached hydrogen (secondary N) is 1. The highest BCUT2D eigenvalue weighted by Gasteiger charge is 2.15.